The molecule has 0 amide bonds. The van der Waals surface area contributed by atoms with E-state index in [2.05, 4.69) is 24.1 Å². The van der Waals surface area contributed by atoms with Gasteiger partial charge in [-0.15, -0.1) is 11.3 Å². The lowest BCUT2D eigenvalue weighted by atomic mass is 10.0. The van der Waals surface area contributed by atoms with E-state index in [-0.39, 0.29) is 6.04 Å². The Morgan fingerprint density at radius 3 is 2.65 bits per heavy atom. The molecule has 0 aliphatic rings. The van der Waals surface area contributed by atoms with Crippen LogP contribution in [-0.2, 0) is 6.42 Å². The third kappa shape index (κ3) is 3.53. The Hall–Kier alpha value is -0.610. The Bertz CT molecular complexity index is 576. The second-order valence-corrected chi connectivity index (χ2v) is 6.78. The average Bonchev–Trinajstić information content (AvgIpc) is 2.71. The third-order valence-corrected chi connectivity index (χ3v) is 5.19. The van der Waals surface area contributed by atoms with E-state index in [1.54, 1.807) is 11.3 Å². The van der Waals surface area contributed by atoms with Crippen molar-refractivity contribution in [3.05, 3.63) is 49.4 Å². The fraction of sp³-hybridized carbons (Fsp3) is 0.400. The smallest absolute Gasteiger partial charge is 0.0949 e. The van der Waals surface area contributed by atoms with E-state index in [1.165, 1.54) is 4.88 Å². The Kier molecular flexibility index (Phi) is 5.44. The number of halogens is 2. The number of nitrogens with zero attached hydrogens (tertiary/aromatic N) is 1. The summed E-state index contributed by atoms with van der Waals surface area (Å²) in [7, 11) is 0. The van der Waals surface area contributed by atoms with Gasteiger partial charge in [0, 0.05) is 17.3 Å². The molecule has 1 N–H and O–H groups in total. The number of nitrogens with one attached hydrogen (secondary N) is 1. The Morgan fingerprint density at radius 1 is 1.30 bits per heavy atom. The molecular formula is C15H18Cl2N2S. The van der Waals surface area contributed by atoms with Gasteiger partial charge < -0.3 is 5.32 Å². The van der Waals surface area contributed by atoms with Crippen molar-refractivity contribution in [3.63, 3.8) is 0 Å². The molecule has 2 nitrogen and oxygen atoms in total. The van der Waals surface area contributed by atoms with Gasteiger partial charge in [-0.25, -0.2) is 4.98 Å². The van der Waals surface area contributed by atoms with Crippen LogP contribution in [0.1, 0.15) is 34.1 Å². The maximum Gasteiger partial charge on any atom is 0.0949 e. The minimum Gasteiger partial charge on any atom is -0.310 e. The van der Waals surface area contributed by atoms with Crippen molar-refractivity contribution in [2.75, 3.05) is 6.54 Å². The molecule has 0 aliphatic carbocycles. The highest BCUT2D eigenvalue weighted by Crippen LogP contribution is 2.32. The first-order chi connectivity index (χ1) is 9.52. The Labute approximate surface area is 134 Å². The summed E-state index contributed by atoms with van der Waals surface area (Å²) in [5.74, 6) is 0. The number of rotatable bonds is 5. The molecule has 1 atom stereocenters. The summed E-state index contributed by atoms with van der Waals surface area (Å²) in [5, 5.41) is 5.82. The van der Waals surface area contributed by atoms with Gasteiger partial charge in [-0.3, -0.25) is 0 Å². The van der Waals surface area contributed by atoms with Crippen LogP contribution < -0.4 is 5.32 Å². The fourth-order valence-electron chi connectivity index (χ4n) is 2.13. The molecular weight excluding hydrogens is 311 g/mol. The van der Waals surface area contributed by atoms with Crippen LogP contribution in [0.5, 0.6) is 0 Å². The molecule has 2 rings (SSSR count). The van der Waals surface area contributed by atoms with Crippen molar-refractivity contribution < 1.29 is 0 Å². The van der Waals surface area contributed by atoms with Crippen LogP contribution in [0.15, 0.2) is 18.2 Å². The quantitative estimate of drug-likeness (QED) is 0.838. The standard InChI is InChI=1S/C15H18Cl2N2S/c1-4-18-13(8-14-19-9(2)10(3)20-14)11-6-5-7-12(16)15(11)17/h5-7,13,18H,4,8H2,1-3H3. The van der Waals surface area contributed by atoms with E-state index >= 15 is 0 Å². The van der Waals surface area contributed by atoms with Gasteiger partial charge in [-0.05, 0) is 32.0 Å². The summed E-state index contributed by atoms with van der Waals surface area (Å²) in [6, 6.07) is 5.91. The summed E-state index contributed by atoms with van der Waals surface area (Å²) in [6.45, 7) is 7.11. The highest BCUT2D eigenvalue weighted by Gasteiger charge is 2.18. The van der Waals surface area contributed by atoms with Gasteiger partial charge in [-0.2, -0.15) is 0 Å². The van der Waals surface area contributed by atoms with Gasteiger partial charge in [-0.1, -0.05) is 42.3 Å². The molecule has 2 aromatic rings. The van der Waals surface area contributed by atoms with Crippen LogP contribution in [0.4, 0.5) is 0 Å². The van der Waals surface area contributed by atoms with E-state index in [4.69, 9.17) is 23.2 Å². The number of benzene rings is 1. The maximum absolute atomic E-state index is 6.34. The molecule has 0 bridgehead atoms. The maximum atomic E-state index is 6.34. The van der Waals surface area contributed by atoms with E-state index in [1.807, 2.05) is 25.1 Å². The Balaban J connectivity index is 2.29. The molecule has 1 aromatic heterocycles. The van der Waals surface area contributed by atoms with Crippen LogP contribution in [0, 0.1) is 13.8 Å². The predicted octanol–water partition coefficient (Wildman–Crippen LogP) is 4.96. The highest BCUT2D eigenvalue weighted by atomic mass is 35.5. The molecule has 0 saturated carbocycles. The van der Waals surface area contributed by atoms with Crippen molar-refractivity contribution in [2.24, 2.45) is 0 Å². The van der Waals surface area contributed by atoms with Crippen molar-refractivity contribution in [2.45, 2.75) is 33.2 Å². The minimum absolute atomic E-state index is 0.135. The average molecular weight is 329 g/mol. The van der Waals surface area contributed by atoms with Gasteiger partial charge in [0.05, 0.1) is 20.7 Å². The molecule has 0 fully saturated rings. The number of likely N-dealkylation sites (N-methyl/N-ethyl adjacent to an activating group) is 1. The molecule has 1 aromatic carbocycles. The Morgan fingerprint density at radius 2 is 2.05 bits per heavy atom. The van der Waals surface area contributed by atoms with Crippen LogP contribution in [0.3, 0.4) is 0 Å². The third-order valence-electron chi connectivity index (χ3n) is 3.26. The molecule has 20 heavy (non-hydrogen) atoms. The normalized spacial score (nSPS) is 12.7. The fourth-order valence-corrected chi connectivity index (χ4v) is 3.55. The zero-order chi connectivity index (χ0) is 14.7. The summed E-state index contributed by atoms with van der Waals surface area (Å²) < 4.78 is 0. The van der Waals surface area contributed by atoms with Gasteiger partial charge >= 0.3 is 0 Å². The molecule has 5 heteroatoms. The number of aryl methyl sites for hydroxylation is 2. The first-order valence-electron chi connectivity index (χ1n) is 6.63. The van der Waals surface area contributed by atoms with Crippen molar-refractivity contribution >= 4 is 34.5 Å². The SMILES string of the molecule is CCNC(Cc1nc(C)c(C)s1)c1cccc(Cl)c1Cl. The van der Waals surface area contributed by atoms with Gasteiger partial charge in [0.1, 0.15) is 0 Å². The summed E-state index contributed by atoms with van der Waals surface area (Å²) in [4.78, 5) is 5.88. The second kappa shape index (κ2) is 6.90. The van der Waals surface area contributed by atoms with E-state index in [9.17, 15) is 0 Å². The van der Waals surface area contributed by atoms with E-state index in [0.717, 1.165) is 29.2 Å². The lowest BCUT2D eigenvalue weighted by Gasteiger charge is -2.19. The molecule has 0 saturated heterocycles. The number of thiazole rings is 1. The molecule has 1 heterocycles. The molecule has 1 unspecified atom stereocenters. The van der Waals surface area contributed by atoms with Crippen molar-refractivity contribution in [3.8, 4) is 0 Å². The van der Waals surface area contributed by atoms with Crippen molar-refractivity contribution in [1.29, 1.82) is 0 Å². The predicted molar refractivity (Wildman–Crippen MR) is 88.2 cm³/mol. The minimum atomic E-state index is 0.135. The number of hydrogen-bond donors (Lipinski definition) is 1. The zero-order valence-corrected chi connectivity index (χ0v) is 14.2. The van der Waals surface area contributed by atoms with Gasteiger partial charge in [0.15, 0.2) is 0 Å². The molecule has 108 valence electrons. The van der Waals surface area contributed by atoms with E-state index in [0.29, 0.717) is 10.0 Å². The zero-order valence-electron chi connectivity index (χ0n) is 11.8. The molecule has 0 radical (unpaired) electrons. The highest BCUT2D eigenvalue weighted by molar-refractivity contribution is 7.11. The lowest BCUT2D eigenvalue weighted by molar-refractivity contribution is 0.548. The second-order valence-electron chi connectivity index (χ2n) is 4.71. The monoisotopic (exact) mass is 328 g/mol. The number of aromatic nitrogens is 1. The lowest BCUT2D eigenvalue weighted by Crippen LogP contribution is -2.23. The van der Waals surface area contributed by atoms with Crippen LogP contribution >= 0.6 is 34.5 Å². The summed E-state index contributed by atoms with van der Waals surface area (Å²) >= 11 is 14.2. The largest absolute Gasteiger partial charge is 0.310 e. The topological polar surface area (TPSA) is 24.9 Å². The van der Waals surface area contributed by atoms with E-state index < -0.39 is 0 Å². The first-order valence-corrected chi connectivity index (χ1v) is 8.20. The summed E-state index contributed by atoms with van der Waals surface area (Å²) in [5.41, 5.74) is 2.14. The van der Waals surface area contributed by atoms with Crippen LogP contribution in [0.2, 0.25) is 10.0 Å². The molecule has 0 spiro atoms. The first kappa shape index (κ1) is 15.8. The van der Waals surface area contributed by atoms with Crippen LogP contribution in [-0.4, -0.2) is 11.5 Å². The van der Waals surface area contributed by atoms with Gasteiger partial charge in [0.2, 0.25) is 0 Å². The number of hydrogen-bond acceptors (Lipinski definition) is 3. The van der Waals surface area contributed by atoms with Crippen LogP contribution in [0.25, 0.3) is 0 Å². The molecule has 0 aliphatic heterocycles. The van der Waals surface area contributed by atoms with Gasteiger partial charge in [0.25, 0.3) is 0 Å². The van der Waals surface area contributed by atoms with Crippen molar-refractivity contribution in [1.82, 2.24) is 10.3 Å². The summed E-state index contributed by atoms with van der Waals surface area (Å²) in [6.07, 6.45) is 0.827.